The smallest absolute Gasteiger partial charge is 0.335 e. The molecule has 0 spiro atoms. The maximum absolute atomic E-state index is 14.2. The molecule has 36 heavy (non-hydrogen) atoms. The lowest BCUT2D eigenvalue weighted by Gasteiger charge is -2.33. The molecule has 3 aromatic rings. The van der Waals surface area contributed by atoms with Crippen molar-refractivity contribution in [3.63, 3.8) is 0 Å². The number of nitrogens with zero attached hydrogens (tertiary/aromatic N) is 1. The maximum Gasteiger partial charge on any atom is 0.335 e. The molecule has 0 fully saturated rings. The topological polar surface area (TPSA) is 63.7 Å². The van der Waals surface area contributed by atoms with Gasteiger partial charge in [-0.25, -0.2) is 13.2 Å². The second-order valence-corrected chi connectivity index (χ2v) is 11.2. The summed E-state index contributed by atoms with van der Waals surface area (Å²) in [5.74, 6) is -0.886. The van der Waals surface area contributed by atoms with Crippen molar-refractivity contribution in [2.24, 2.45) is 5.92 Å². The molecule has 0 aromatic heterocycles. The van der Waals surface area contributed by atoms with Gasteiger partial charge < -0.3 is 4.74 Å². The van der Waals surface area contributed by atoms with E-state index in [1.54, 1.807) is 24.3 Å². The van der Waals surface area contributed by atoms with Gasteiger partial charge in [0.15, 0.2) is 0 Å². The highest BCUT2D eigenvalue weighted by Crippen LogP contribution is 2.45. The number of rotatable bonds is 8. The van der Waals surface area contributed by atoms with E-state index >= 15 is 0 Å². The van der Waals surface area contributed by atoms with Gasteiger partial charge in [-0.05, 0) is 42.2 Å². The third-order valence-corrected chi connectivity index (χ3v) is 7.98. The van der Waals surface area contributed by atoms with E-state index in [4.69, 9.17) is 4.74 Å². The molecule has 4 rings (SSSR count). The van der Waals surface area contributed by atoms with Crippen molar-refractivity contribution in [2.45, 2.75) is 37.6 Å². The zero-order valence-electron chi connectivity index (χ0n) is 20.8. The van der Waals surface area contributed by atoms with Gasteiger partial charge in [0, 0.05) is 5.92 Å². The molecule has 0 saturated carbocycles. The predicted octanol–water partition coefficient (Wildman–Crippen LogP) is 5.95. The standard InChI is InChI=1S/C30H31NO4S/c1-21(2)20-35-30(32)23(4)29-27(24-11-7-5-8-12-24)19-28(25-13-9-6-10-14-25)31(29)36(33,34)26-17-15-22(3)16-18-26/h5-19,21,27,29H,4,20H2,1-3H3/t27-,29-/m1/s1. The fraction of sp³-hybridized carbons (Fsp3) is 0.233. The Morgan fingerprint density at radius 1 is 0.944 bits per heavy atom. The average molecular weight is 502 g/mol. The van der Waals surface area contributed by atoms with Crippen molar-refractivity contribution in [1.82, 2.24) is 4.31 Å². The van der Waals surface area contributed by atoms with E-state index in [0.29, 0.717) is 5.70 Å². The number of carbonyl (C=O) groups excluding carboxylic acids is 1. The molecule has 1 heterocycles. The van der Waals surface area contributed by atoms with Crippen molar-refractivity contribution in [3.8, 4) is 0 Å². The minimum absolute atomic E-state index is 0.0994. The molecule has 3 aromatic carbocycles. The van der Waals surface area contributed by atoms with Crippen LogP contribution in [0.5, 0.6) is 0 Å². The van der Waals surface area contributed by atoms with Crippen molar-refractivity contribution < 1.29 is 17.9 Å². The predicted molar refractivity (Wildman–Crippen MR) is 143 cm³/mol. The maximum atomic E-state index is 14.2. The Hall–Kier alpha value is -3.64. The van der Waals surface area contributed by atoms with Crippen LogP contribution in [0.2, 0.25) is 0 Å². The van der Waals surface area contributed by atoms with E-state index in [1.807, 2.05) is 87.5 Å². The molecule has 0 N–H and O–H groups in total. The van der Waals surface area contributed by atoms with Crippen LogP contribution in [0, 0.1) is 12.8 Å². The molecule has 0 unspecified atom stereocenters. The summed E-state index contributed by atoms with van der Waals surface area (Å²) in [7, 11) is -4.06. The first-order chi connectivity index (χ1) is 17.2. The van der Waals surface area contributed by atoms with Gasteiger partial charge in [-0.2, -0.15) is 0 Å². The molecular formula is C30H31NO4S. The molecule has 2 atom stereocenters. The van der Waals surface area contributed by atoms with Gasteiger partial charge in [-0.1, -0.05) is 98.8 Å². The monoisotopic (exact) mass is 501 g/mol. The van der Waals surface area contributed by atoms with E-state index in [0.717, 1.165) is 16.7 Å². The quantitative estimate of drug-likeness (QED) is 0.283. The van der Waals surface area contributed by atoms with E-state index in [1.165, 1.54) is 4.31 Å². The summed E-state index contributed by atoms with van der Waals surface area (Å²) in [4.78, 5) is 13.3. The number of hydrogen-bond donors (Lipinski definition) is 0. The summed E-state index contributed by atoms with van der Waals surface area (Å²) in [6, 6.07) is 24.8. The lowest BCUT2D eigenvalue weighted by molar-refractivity contribution is -0.140. The highest BCUT2D eigenvalue weighted by atomic mass is 32.2. The Morgan fingerprint density at radius 3 is 2.11 bits per heavy atom. The summed E-state index contributed by atoms with van der Waals surface area (Å²) in [6.07, 6.45) is 1.92. The van der Waals surface area contributed by atoms with Crippen molar-refractivity contribution in [1.29, 1.82) is 0 Å². The van der Waals surface area contributed by atoms with E-state index in [9.17, 15) is 13.2 Å². The molecule has 0 radical (unpaired) electrons. The Balaban J connectivity index is 1.89. The van der Waals surface area contributed by atoms with Gasteiger partial charge in [-0.15, -0.1) is 0 Å². The Kier molecular flexibility index (Phi) is 7.45. The lowest BCUT2D eigenvalue weighted by Crippen LogP contribution is -2.41. The van der Waals surface area contributed by atoms with Crippen molar-refractivity contribution in [2.75, 3.05) is 6.61 Å². The van der Waals surface area contributed by atoms with Crippen LogP contribution in [0.1, 0.15) is 36.5 Å². The van der Waals surface area contributed by atoms with Crippen LogP contribution < -0.4 is 0 Å². The normalized spacial score (nSPS) is 17.7. The first-order valence-electron chi connectivity index (χ1n) is 12.0. The minimum atomic E-state index is -4.06. The van der Waals surface area contributed by atoms with Gasteiger partial charge in [-0.3, -0.25) is 4.31 Å². The lowest BCUT2D eigenvalue weighted by atomic mass is 9.89. The van der Waals surface area contributed by atoms with Crippen LogP contribution in [0.25, 0.3) is 5.70 Å². The van der Waals surface area contributed by atoms with Crippen molar-refractivity contribution in [3.05, 3.63) is 120 Å². The van der Waals surface area contributed by atoms with Crippen LogP contribution in [-0.4, -0.2) is 31.3 Å². The summed E-state index contributed by atoms with van der Waals surface area (Å²) in [6.45, 7) is 10.1. The fourth-order valence-corrected chi connectivity index (χ4v) is 6.02. The van der Waals surface area contributed by atoms with Gasteiger partial charge in [0.25, 0.3) is 10.0 Å². The average Bonchev–Trinajstić information content (AvgIpc) is 3.30. The number of ether oxygens (including phenoxy) is 1. The number of aryl methyl sites for hydroxylation is 1. The zero-order chi connectivity index (χ0) is 25.9. The van der Waals surface area contributed by atoms with Crippen LogP contribution in [0.3, 0.4) is 0 Å². The summed E-state index contributed by atoms with van der Waals surface area (Å²) in [5.41, 5.74) is 3.18. The van der Waals surface area contributed by atoms with Gasteiger partial charge >= 0.3 is 5.97 Å². The van der Waals surface area contributed by atoms with Crippen LogP contribution >= 0.6 is 0 Å². The number of sulfonamides is 1. The van der Waals surface area contributed by atoms with Crippen LogP contribution in [-0.2, 0) is 19.6 Å². The molecule has 1 aliphatic heterocycles. The first kappa shape index (κ1) is 25.5. The molecule has 5 nitrogen and oxygen atoms in total. The van der Waals surface area contributed by atoms with Gasteiger partial charge in [0.2, 0.25) is 0 Å². The van der Waals surface area contributed by atoms with Crippen LogP contribution in [0.15, 0.2) is 108 Å². The Bertz CT molecular complexity index is 1360. The number of benzene rings is 3. The summed E-state index contributed by atoms with van der Waals surface area (Å²) in [5, 5.41) is 0. The molecule has 186 valence electrons. The van der Waals surface area contributed by atoms with E-state index in [2.05, 4.69) is 6.58 Å². The van der Waals surface area contributed by atoms with Gasteiger partial charge in [0.1, 0.15) is 0 Å². The number of esters is 1. The first-order valence-corrected chi connectivity index (χ1v) is 13.4. The van der Waals surface area contributed by atoms with Gasteiger partial charge in [0.05, 0.1) is 28.8 Å². The molecule has 0 bridgehead atoms. The molecular weight excluding hydrogens is 470 g/mol. The van der Waals surface area contributed by atoms with E-state index in [-0.39, 0.29) is 23.0 Å². The molecule has 1 aliphatic rings. The van der Waals surface area contributed by atoms with E-state index < -0.39 is 28.0 Å². The summed E-state index contributed by atoms with van der Waals surface area (Å²) >= 11 is 0. The Labute approximate surface area is 213 Å². The largest absolute Gasteiger partial charge is 0.462 e. The number of hydrogen-bond acceptors (Lipinski definition) is 4. The van der Waals surface area contributed by atoms with Crippen molar-refractivity contribution >= 4 is 21.7 Å². The highest BCUT2D eigenvalue weighted by Gasteiger charge is 2.46. The third kappa shape index (κ3) is 5.14. The minimum Gasteiger partial charge on any atom is -0.462 e. The molecule has 0 aliphatic carbocycles. The summed E-state index contributed by atoms with van der Waals surface area (Å²) < 4.78 is 35.3. The zero-order valence-corrected chi connectivity index (χ0v) is 21.6. The van der Waals surface area contributed by atoms with Crippen LogP contribution in [0.4, 0.5) is 0 Å². The molecule has 6 heteroatoms. The highest BCUT2D eigenvalue weighted by molar-refractivity contribution is 7.89. The second-order valence-electron chi connectivity index (χ2n) is 9.43. The Morgan fingerprint density at radius 2 is 1.53 bits per heavy atom. The molecule has 0 saturated heterocycles. The SMILES string of the molecule is C=C(C(=O)OCC(C)C)[C@@H]1[C@@H](c2ccccc2)C=C(c2ccccc2)N1S(=O)(=O)c1ccc(C)cc1. The number of carbonyl (C=O) groups is 1. The third-order valence-electron chi connectivity index (χ3n) is 6.17. The molecule has 0 amide bonds. The fourth-order valence-electron chi connectivity index (χ4n) is 4.33. The second kappa shape index (κ2) is 10.5.